The molecule has 1 aromatic heterocycles. The molecule has 1 heterocycles. The van der Waals surface area contributed by atoms with Gasteiger partial charge in [0.25, 0.3) is 0 Å². The van der Waals surface area contributed by atoms with Crippen LogP contribution in [-0.4, -0.2) is 9.97 Å². The van der Waals surface area contributed by atoms with Gasteiger partial charge in [0.2, 0.25) is 0 Å². The van der Waals surface area contributed by atoms with E-state index in [0.717, 1.165) is 11.5 Å². The number of hydrogen-bond donors (Lipinski definition) is 2. The number of nitrogen functional groups attached to an aromatic ring is 1. The van der Waals surface area contributed by atoms with Crippen LogP contribution in [0.15, 0.2) is 17.2 Å². The highest BCUT2D eigenvalue weighted by Crippen LogP contribution is 2.18. The highest BCUT2D eigenvalue weighted by molar-refractivity contribution is 5.61. The van der Waals surface area contributed by atoms with E-state index in [0.29, 0.717) is 11.7 Å². The number of hydrogen-bond acceptors (Lipinski definition) is 2. The third kappa shape index (κ3) is 3.26. The SMILES string of the molecule is CC(C)=C/C(C)=C\c1[nH]c(C(C)C)nc1N. The summed E-state index contributed by atoms with van der Waals surface area (Å²) in [6, 6.07) is 0. The molecular weight excluding hydrogens is 198 g/mol. The van der Waals surface area contributed by atoms with Crippen molar-refractivity contribution in [3.05, 3.63) is 28.7 Å². The molecule has 3 nitrogen and oxygen atoms in total. The normalized spacial score (nSPS) is 12.0. The Morgan fingerprint density at radius 2 is 1.94 bits per heavy atom. The Kier molecular flexibility index (Phi) is 3.93. The summed E-state index contributed by atoms with van der Waals surface area (Å²) in [4.78, 5) is 7.54. The predicted octanol–water partition coefficient (Wildman–Crippen LogP) is 3.48. The van der Waals surface area contributed by atoms with Gasteiger partial charge in [0.15, 0.2) is 0 Å². The summed E-state index contributed by atoms with van der Waals surface area (Å²) >= 11 is 0. The Labute approximate surface area is 97.5 Å². The maximum absolute atomic E-state index is 5.85. The van der Waals surface area contributed by atoms with Gasteiger partial charge < -0.3 is 10.7 Å². The molecule has 0 aliphatic heterocycles. The first kappa shape index (κ1) is 12.6. The maximum Gasteiger partial charge on any atom is 0.149 e. The van der Waals surface area contributed by atoms with Crippen LogP contribution in [0.2, 0.25) is 0 Å². The summed E-state index contributed by atoms with van der Waals surface area (Å²) in [6.07, 6.45) is 4.15. The molecular formula is C13H21N3. The highest BCUT2D eigenvalue weighted by atomic mass is 15.0. The van der Waals surface area contributed by atoms with Crippen LogP contribution in [0.3, 0.4) is 0 Å². The van der Waals surface area contributed by atoms with E-state index in [1.165, 1.54) is 11.1 Å². The zero-order valence-corrected chi connectivity index (χ0v) is 10.8. The summed E-state index contributed by atoms with van der Waals surface area (Å²) in [5, 5.41) is 0. The topological polar surface area (TPSA) is 54.7 Å². The lowest BCUT2D eigenvalue weighted by Crippen LogP contribution is -1.90. The van der Waals surface area contributed by atoms with E-state index in [-0.39, 0.29) is 0 Å². The first-order valence-corrected chi connectivity index (χ1v) is 5.58. The molecule has 3 N–H and O–H groups in total. The number of rotatable bonds is 3. The summed E-state index contributed by atoms with van der Waals surface area (Å²) in [5.41, 5.74) is 9.20. The van der Waals surface area contributed by atoms with Crippen LogP contribution in [-0.2, 0) is 0 Å². The van der Waals surface area contributed by atoms with E-state index in [1.807, 2.05) is 6.08 Å². The number of nitrogens with two attached hydrogens (primary N) is 1. The Bertz CT molecular complexity index is 418. The fourth-order valence-corrected chi connectivity index (χ4v) is 1.53. The van der Waals surface area contributed by atoms with Gasteiger partial charge in [-0.1, -0.05) is 25.5 Å². The fourth-order valence-electron chi connectivity index (χ4n) is 1.53. The van der Waals surface area contributed by atoms with Crippen molar-refractivity contribution in [3.63, 3.8) is 0 Å². The van der Waals surface area contributed by atoms with Crippen molar-refractivity contribution in [2.75, 3.05) is 5.73 Å². The molecule has 0 saturated carbocycles. The van der Waals surface area contributed by atoms with Crippen LogP contribution in [0.4, 0.5) is 5.82 Å². The quantitative estimate of drug-likeness (QED) is 0.765. The molecule has 0 aromatic carbocycles. The molecule has 0 radical (unpaired) electrons. The minimum Gasteiger partial charge on any atom is -0.382 e. The second kappa shape index (κ2) is 5.01. The van der Waals surface area contributed by atoms with Crippen LogP contribution in [0.25, 0.3) is 6.08 Å². The van der Waals surface area contributed by atoms with Gasteiger partial charge in [-0.3, -0.25) is 0 Å². The van der Waals surface area contributed by atoms with Gasteiger partial charge in [-0.2, -0.15) is 0 Å². The average Bonchev–Trinajstić information content (AvgIpc) is 2.46. The molecule has 0 atom stereocenters. The van der Waals surface area contributed by atoms with Gasteiger partial charge in [-0.15, -0.1) is 0 Å². The van der Waals surface area contributed by atoms with Gasteiger partial charge in [0.1, 0.15) is 11.6 Å². The van der Waals surface area contributed by atoms with Crippen molar-refractivity contribution in [1.29, 1.82) is 0 Å². The zero-order chi connectivity index (χ0) is 12.3. The maximum atomic E-state index is 5.85. The lowest BCUT2D eigenvalue weighted by molar-refractivity contribution is 0.794. The lowest BCUT2D eigenvalue weighted by atomic mass is 10.2. The zero-order valence-electron chi connectivity index (χ0n) is 10.8. The second-order valence-electron chi connectivity index (χ2n) is 4.69. The number of aromatic amines is 1. The Hall–Kier alpha value is -1.51. The van der Waals surface area contributed by atoms with Gasteiger partial charge in [0.05, 0.1) is 5.69 Å². The predicted molar refractivity (Wildman–Crippen MR) is 70.2 cm³/mol. The largest absolute Gasteiger partial charge is 0.382 e. The minimum atomic E-state index is 0.369. The van der Waals surface area contributed by atoms with E-state index < -0.39 is 0 Å². The first-order chi connectivity index (χ1) is 7.40. The van der Waals surface area contributed by atoms with Gasteiger partial charge in [-0.25, -0.2) is 4.98 Å². The average molecular weight is 219 g/mol. The fraction of sp³-hybridized carbons (Fsp3) is 0.462. The van der Waals surface area contributed by atoms with E-state index >= 15 is 0 Å². The monoisotopic (exact) mass is 219 g/mol. The molecule has 3 heteroatoms. The summed E-state index contributed by atoms with van der Waals surface area (Å²) in [7, 11) is 0. The number of aromatic nitrogens is 2. The van der Waals surface area contributed by atoms with E-state index in [1.54, 1.807) is 0 Å². The molecule has 0 aliphatic rings. The number of anilines is 1. The molecule has 1 aromatic rings. The van der Waals surface area contributed by atoms with Crippen molar-refractivity contribution in [2.24, 2.45) is 0 Å². The summed E-state index contributed by atoms with van der Waals surface area (Å²) in [5.74, 6) is 1.88. The standard InChI is InChI=1S/C13H21N3/c1-8(2)6-10(5)7-11-12(14)16-13(15-11)9(3)4/h6-7,9H,14H2,1-5H3,(H,15,16)/b10-7-. The van der Waals surface area contributed by atoms with E-state index in [9.17, 15) is 0 Å². The van der Waals surface area contributed by atoms with Crippen LogP contribution in [0, 0.1) is 0 Å². The van der Waals surface area contributed by atoms with Crippen molar-refractivity contribution in [1.82, 2.24) is 9.97 Å². The molecule has 0 amide bonds. The van der Waals surface area contributed by atoms with Crippen LogP contribution >= 0.6 is 0 Å². The molecule has 0 aliphatic carbocycles. The number of H-pyrrole nitrogens is 1. The molecule has 0 saturated heterocycles. The van der Waals surface area contributed by atoms with E-state index in [2.05, 4.69) is 50.7 Å². The summed E-state index contributed by atoms with van der Waals surface area (Å²) in [6.45, 7) is 10.4. The van der Waals surface area contributed by atoms with Crippen molar-refractivity contribution in [2.45, 2.75) is 40.5 Å². The minimum absolute atomic E-state index is 0.369. The van der Waals surface area contributed by atoms with Gasteiger partial charge >= 0.3 is 0 Å². The van der Waals surface area contributed by atoms with Crippen LogP contribution < -0.4 is 5.73 Å². The number of nitrogens with one attached hydrogen (secondary N) is 1. The Morgan fingerprint density at radius 3 is 2.38 bits per heavy atom. The third-order valence-corrected chi connectivity index (χ3v) is 2.21. The third-order valence-electron chi connectivity index (χ3n) is 2.21. The van der Waals surface area contributed by atoms with E-state index in [4.69, 9.17) is 5.73 Å². The molecule has 88 valence electrons. The van der Waals surface area contributed by atoms with Crippen molar-refractivity contribution in [3.8, 4) is 0 Å². The molecule has 0 unspecified atom stereocenters. The first-order valence-electron chi connectivity index (χ1n) is 5.58. The number of nitrogens with zero attached hydrogens (tertiary/aromatic N) is 1. The smallest absolute Gasteiger partial charge is 0.149 e. The van der Waals surface area contributed by atoms with Gasteiger partial charge in [0, 0.05) is 5.92 Å². The molecule has 16 heavy (non-hydrogen) atoms. The van der Waals surface area contributed by atoms with Crippen molar-refractivity contribution < 1.29 is 0 Å². The number of imidazole rings is 1. The van der Waals surface area contributed by atoms with Crippen LogP contribution in [0.1, 0.15) is 52.1 Å². The summed E-state index contributed by atoms with van der Waals surface area (Å²) < 4.78 is 0. The number of allylic oxidation sites excluding steroid dienone is 3. The molecule has 1 rings (SSSR count). The lowest BCUT2D eigenvalue weighted by Gasteiger charge is -1.97. The van der Waals surface area contributed by atoms with Gasteiger partial charge in [-0.05, 0) is 32.4 Å². The van der Waals surface area contributed by atoms with Crippen molar-refractivity contribution >= 4 is 11.9 Å². The highest BCUT2D eigenvalue weighted by Gasteiger charge is 2.07. The molecule has 0 fully saturated rings. The Balaban J connectivity index is 3.01. The second-order valence-corrected chi connectivity index (χ2v) is 4.69. The molecule has 0 spiro atoms. The van der Waals surface area contributed by atoms with Crippen LogP contribution in [0.5, 0.6) is 0 Å². The Morgan fingerprint density at radius 1 is 1.31 bits per heavy atom. The molecule has 0 bridgehead atoms.